The minimum atomic E-state index is -0.173. The lowest BCUT2D eigenvalue weighted by Crippen LogP contribution is -2.27. The van der Waals surface area contributed by atoms with Gasteiger partial charge in [-0.25, -0.2) is 0 Å². The molecule has 0 spiro atoms. The number of fused-ring (bicyclic) bond motifs is 1. The third-order valence-corrected chi connectivity index (χ3v) is 2.98. The van der Waals surface area contributed by atoms with E-state index in [9.17, 15) is 0 Å². The van der Waals surface area contributed by atoms with Gasteiger partial charge >= 0.3 is 0 Å². The fourth-order valence-electron chi connectivity index (χ4n) is 1.48. The summed E-state index contributed by atoms with van der Waals surface area (Å²) in [4.78, 5) is 1.27. The van der Waals surface area contributed by atoms with Gasteiger partial charge in [-0.1, -0.05) is 6.08 Å². The van der Waals surface area contributed by atoms with Crippen molar-refractivity contribution in [3.63, 3.8) is 0 Å². The highest BCUT2D eigenvalue weighted by molar-refractivity contribution is 7.98. The normalized spacial score (nSPS) is 17.4. The summed E-state index contributed by atoms with van der Waals surface area (Å²) in [5.41, 5.74) is 1.00. The van der Waals surface area contributed by atoms with Crippen LogP contribution in [0.3, 0.4) is 0 Å². The molecule has 0 aliphatic carbocycles. The lowest BCUT2D eigenvalue weighted by Gasteiger charge is -2.27. The van der Waals surface area contributed by atoms with Crippen molar-refractivity contribution in [1.82, 2.24) is 0 Å². The van der Waals surface area contributed by atoms with E-state index in [0.717, 1.165) is 5.75 Å². The fourth-order valence-corrected chi connectivity index (χ4v) is 1.93. The van der Waals surface area contributed by atoms with Gasteiger partial charge in [-0.05, 0) is 44.4 Å². The van der Waals surface area contributed by atoms with E-state index < -0.39 is 0 Å². The van der Waals surface area contributed by atoms with E-state index in [4.69, 9.17) is 4.74 Å². The number of ether oxygens (including phenoxy) is 1. The standard InChI is InChI=1S/C12H14OS/c1-12(2)7-6-9-8-10(14-3)4-5-11(9)13-12/h4-8H,1-3H3. The Kier molecular flexibility index (Phi) is 2.31. The predicted molar refractivity (Wildman–Crippen MR) is 62.0 cm³/mol. The Morgan fingerprint density at radius 2 is 2.07 bits per heavy atom. The molecule has 0 N–H and O–H groups in total. The van der Waals surface area contributed by atoms with Crippen molar-refractivity contribution in [3.8, 4) is 5.75 Å². The summed E-state index contributed by atoms with van der Waals surface area (Å²) >= 11 is 1.75. The summed E-state index contributed by atoms with van der Waals surface area (Å²) < 4.78 is 5.82. The molecule has 14 heavy (non-hydrogen) atoms. The second kappa shape index (κ2) is 3.35. The molecule has 1 aliphatic heterocycles. The van der Waals surface area contributed by atoms with Crippen LogP contribution in [0.4, 0.5) is 0 Å². The molecular weight excluding hydrogens is 192 g/mol. The minimum Gasteiger partial charge on any atom is -0.483 e. The summed E-state index contributed by atoms with van der Waals surface area (Å²) in [7, 11) is 0. The number of benzene rings is 1. The van der Waals surface area contributed by atoms with Gasteiger partial charge in [0.05, 0.1) is 0 Å². The predicted octanol–water partition coefficient (Wildman–Crippen LogP) is 3.59. The lowest BCUT2D eigenvalue weighted by molar-refractivity contribution is 0.159. The molecule has 1 aromatic rings. The van der Waals surface area contributed by atoms with Crippen LogP contribution in [0.5, 0.6) is 5.75 Å². The maximum Gasteiger partial charge on any atom is 0.127 e. The molecule has 74 valence electrons. The zero-order valence-corrected chi connectivity index (χ0v) is 9.52. The van der Waals surface area contributed by atoms with Crippen molar-refractivity contribution in [2.24, 2.45) is 0 Å². The first-order valence-electron chi connectivity index (χ1n) is 4.67. The molecule has 1 aromatic carbocycles. The van der Waals surface area contributed by atoms with Crippen molar-refractivity contribution in [2.45, 2.75) is 24.3 Å². The highest BCUT2D eigenvalue weighted by Gasteiger charge is 2.21. The molecule has 0 bridgehead atoms. The molecule has 0 radical (unpaired) electrons. The Bertz CT molecular complexity index is 380. The second-order valence-corrected chi connectivity index (χ2v) is 4.82. The first-order valence-corrected chi connectivity index (χ1v) is 5.89. The van der Waals surface area contributed by atoms with Gasteiger partial charge in [0.15, 0.2) is 0 Å². The number of thioether (sulfide) groups is 1. The van der Waals surface area contributed by atoms with Crippen molar-refractivity contribution in [2.75, 3.05) is 6.26 Å². The Labute approximate surface area is 89.2 Å². The van der Waals surface area contributed by atoms with E-state index in [1.54, 1.807) is 11.8 Å². The summed E-state index contributed by atoms with van der Waals surface area (Å²) in [6.45, 7) is 4.13. The minimum absolute atomic E-state index is 0.173. The Balaban J connectivity index is 2.41. The maximum atomic E-state index is 5.82. The van der Waals surface area contributed by atoms with Gasteiger partial charge in [0.1, 0.15) is 11.4 Å². The quantitative estimate of drug-likeness (QED) is 0.649. The molecule has 0 amide bonds. The van der Waals surface area contributed by atoms with Crippen LogP contribution < -0.4 is 4.74 Å². The van der Waals surface area contributed by atoms with Gasteiger partial charge in [-0.2, -0.15) is 0 Å². The average Bonchev–Trinajstić information content (AvgIpc) is 2.16. The van der Waals surface area contributed by atoms with Crippen LogP contribution in [-0.2, 0) is 0 Å². The van der Waals surface area contributed by atoms with Crippen LogP contribution in [0.15, 0.2) is 29.2 Å². The maximum absolute atomic E-state index is 5.82. The van der Waals surface area contributed by atoms with Gasteiger partial charge in [0.2, 0.25) is 0 Å². The third-order valence-electron chi connectivity index (χ3n) is 2.25. The number of hydrogen-bond acceptors (Lipinski definition) is 2. The van der Waals surface area contributed by atoms with Gasteiger partial charge in [-0.15, -0.1) is 11.8 Å². The molecule has 0 fully saturated rings. The monoisotopic (exact) mass is 206 g/mol. The van der Waals surface area contributed by atoms with Gasteiger partial charge in [0, 0.05) is 10.5 Å². The SMILES string of the molecule is CSc1ccc2c(c1)C=CC(C)(C)O2. The molecule has 0 saturated carbocycles. The lowest BCUT2D eigenvalue weighted by atomic mass is 10.0. The highest BCUT2D eigenvalue weighted by atomic mass is 32.2. The number of hydrogen-bond donors (Lipinski definition) is 0. The largest absolute Gasteiger partial charge is 0.483 e. The molecule has 1 nitrogen and oxygen atoms in total. The van der Waals surface area contributed by atoms with E-state index in [-0.39, 0.29) is 5.60 Å². The van der Waals surface area contributed by atoms with Gasteiger partial charge in [0.25, 0.3) is 0 Å². The van der Waals surface area contributed by atoms with Crippen LogP contribution in [0.2, 0.25) is 0 Å². The van der Waals surface area contributed by atoms with Crippen molar-refractivity contribution >= 4 is 17.8 Å². The van der Waals surface area contributed by atoms with Crippen LogP contribution in [0.25, 0.3) is 6.08 Å². The van der Waals surface area contributed by atoms with Gasteiger partial charge < -0.3 is 4.74 Å². The van der Waals surface area contributed by atoms with Crippen molar-refractivity contribution in [3.05, 3.63) is 29.8 Å². The first kappa shape index (κ1) is 9.66. The molecular formula is C12H14OS. The molecule has 1 aliphatic rings. The van der Waals surface area contributed by atoms with E-state index in [0.29, 0.717) is 0 Å². The van der Waals surface area contributed by atoms with E-state index in [2.05, 4.69) is 44.4 Å². The summed E-state index contributed by atoms with van der Waals surface area (Å²) in [6.07, 6.45) is 6.32. The number of rotatable bonds is 1. The van der Waals surface area contributed by atoms with Crippen molar-refractivity contribution in [1.29, 1.82) is 0 Å². The fraction of sp³-hybridized carbons (Fsp3) is 0.333. The zero-order chi connectivity index (χ0) is 10.2. The third kappa shape index (κ3) is 1.80. The first-order chi connectivity index (χ1) is 6.61. The topological polar surface area (TPSA) is 9.23 Å². The zero-order valence-electron chi connectivity index (χ0n) is 8.70. The van der Waals surface area contributed by atoms with Gasteiger partial charge in [-0.3, -0.25) is 0 Å². The molecule has 0 atom stereocenters. The molecule has 1 heterocycles. The molecule has 2 rings (SSSR count). The molecule has 2 heteroatoms. The Morgan fingerprint density at radius 3 is 2.79 bits per heavy atom. The molecule has 0 aromatic heterocycles. The summed E-state index contributed by atoms with van der Waals surface area (Å²) in [5.74, 6) is 0.982. The van der Waals surface area contributed by atoms with E-state index >= 15 is 0 Å². The molecule has 0 unspecified atom stereocenters. The Hall–Kier alpha value is -0.890. The van der Waals surface area contributed by atoms with Crippen molar-refractivity contribution < 1.29 is 4.74 Å². The van der Waals surface area contributed by atoms with Crippen LogP contribution in [-0.4, -0.2) is 11.9 Å². The second-order valence-electron chi connectivity index (χ2n) is 3.94. The summed E-state index contributed by atoms with van der Waals surface area (Å²) in [6, 6.07) is 6.30. The summed E-state index contributed by atoms with van der Waals surface area (Å²) in [5, 5.41) is 0. The van der Waals surface area contributed by atoms with E-state index in [1.165, 1.54) is 10.5 Å². The van der Waals surface area contributed by atoms with Crippen LogP contribution >= 0.6 is 11.8 Å². The molecule has 0 saturated heterocycles. The smallest absolute Gasteiger partial charge is 0.127 e. The van der Waals surface area contributed by atoms with E-state index in [1.807, 2.05) is 6.07 Å². The van der Waals surface area contributed by atoms with Crippen LogP contribution in [0.1, 0.15) is 19.4 Å². The average molecular weight is 206 g/mol. The van der Waals surface area contributed by atoms with Crippen LogP contribution in [0, 0.1) is 0 Å². The Morgan fingerprint density at radius 1 is 1.29 bits per heavy atom. The highest BCUT2D eigenvalue weighted by Crippen LogP contribution is 2.33.